The smallest absolute Gasteiger partial charge is 0.238 e. The van der Waals surface area contributed by atoms with E-state index in [1.807, 2.05) is 66.7 Å². The Balaban J connectivity index is 1.12. The van der Waals surface area contributed by atoms with Gasteiger partial charge in [0.1, 0.15) is 6.07 Å². The van der Waals surface area contributed by atoms with Crippen molar-refractivity contribution in [3.05, 3.63) is 193 Å². The van der Waals surface area contributed by atoms with Gasteiger partial charge in [0, 0.05) is 49.1 Å². The van der Waals surface area contributed by atoms with Gasteiger partial charge in [0.15, 0.2) is 11.6 Å². The number of rotatable bonds is 5. The second-order valence-corrected chi connectivity index (χ2v) is 15.1. The fourth-order valence-electron chi connectivity index (χ4n) is 9.16. The molecule has 0 amide bonds. The molecule has 8 nitrogen and oxygen atoms in total. The van der Waals surface area contributed by atoms with Crippen molar-refractivity contribution in [2.45, 2.75) is 0 Å². The quantitative estimate of drug-likeness (QED) is 0.173. The van der Waals surface area contributed by atoms with Crippen LogP contribution in [-0.2, 0) is 0 Å². The molecule has 8 aromatic carbocycles. The first-order chi connectivity index (χ1) is 30.2. The minimum Gasteiger partial charge on any atom is -0.309 e. The van der Waals surface area contributed by atoms with Gasteiger partial charge < -0.3 is 9.13 Å². The third kappa shape index (κ3) is 5.13. The predicted molar refractivity (Wildman–Crippen MR) is 243 cm³/mol. The molecule has 0 aliphatic carbocycles. The predicted octanol–water partition coefficient (Wildman–Crippen LogP) is 12.2. The molecule has 0 unspecified atom stereocenters. The van der Waals surface area contributed by atoms with Crippen molar-refractivity contribution >= 4 is 65.4 Å². The van der Waals surface area contributed by atoms with Crippen LogP contribution < -0.4 is 0 Å². The summed E-state index contributed by atoms with van der Waals surface area (Å²) in [6, 6.07) is 66.2. The van der Waals surface area contributed by atoms with E-state index in [2.05, 4.69) is 129 Å². The highest BCUT2D eigenvalue weighted by molar-refractivity contribution is 6.26. The van der Waals surface area contributed by atoms with Crippen LogP contribution >= 0.6 is 0 Å². The molecule has 12 aromatic rings. The Kier molecular flexibility index (Phi) is 7.49. The van der Waals surface area contributed by atoms with Crippen LogP contribution in [0.3, 0.4) is 0 Å². The van der Waals surface area contributed by atoms with Crippen molar-refractivity contribution in [1.29, 1.82) is 10.5 Å². The standard InChI is InChI=1S/C53H30N8/c54-31-33-13-12-14-34(29-33)51-56-52(58-53(57-51)61-45-22-9-4-17-38(45)39-18-5-10-23-46(39)61)35-25-27-43(36(30-35)32-55)60-44-21-8-6-19-40(44)41-26-28-48-49(50(41)60)42-20-7-11-24-47(42)59(48)37-15-2-1-3-16-37/h1-30H. The van der Waals surface area contributed by atoms with Gasteiger partial charge in [-0.05, 0) is 72.8 Å². The van der Waals surface area contributed by atoms with E-state index < -0.39 is 0 Å². The molecule has 0 aliphatic heterocycles. The monoisotopic (exact) mass is 778 g/mol. The average Bonchev–Trinajstić information content (AvgIpc) is 3.97. The van der Waals surface area contributed by atoms with E-state index in [1.165, 1.54) is 0 Å². The van der Waals surface area contributed by atoms with E-state index in [4.69, 9.17) is 15.0 Å². The topological polar surface area (TPSA) is 101 Å². The van der Waals surface area contributed by atoms with E-state index in [-0.39, 0.29) is 0 Å². The first kappa shape index (κ1) is 34.2. The summed E-state index contributed by atoms with van der Waals surface area (Å²) >= 11 is 0. The van der Waals surface area contributed by atoms with E-state index in [0.29, 0.717) is 39.9 Å². The Morgan fingerprint density at radius 2 is 0.967 bits per heavy atom. The van der Waals surface area contributed by atoms with E-state index in [1.54, 1.807) is 12.1 Å². The molecular weight excluding hydrogens is 749 g/mol. The van der Waals surface area contributed by atoms with Crippen LogP contribution in [0.15, 0.2) is 182 Å². The minimum absolute atomic E-state index is 0.405. The fraction of sp³-hybridized carbons (Fsp3) is 0. The lowest BCUT2D eigenvalue weighted by Gasteiger charge is -2.14. The molecule has 0 aliphatic rings. The number of hydrogen-bond acceptors (Lipinski definition) is 5. The summed E-state index contributed by atoms with van der Waals surface area (Å²) in [5, 5.41) is 27.4. The SMILES string of the molecule is N#Cc1cccc(-c2nc(-c3ccc(-n4c5ccccc5c5ccc6c(c7ccccc7n6-c6ccccc6)c54)c(C#N)c3)nc(-n3c4ccccc4c4ccccc43)n2)c1. The average molecular weight is 779 g/mol. The molecule has 0 radical (unpaired) electrons. The third-order valence-corrected chi connectivity index (χ3v) is 11.8. The van der Waals surface area contributed by atoms with Crippen molar-refractivity contribution < 1.29 is 0 Å². The second kappa shape index (κ2) is 13.4. The normalized spacial score (nSPS) is 11.6. The minimum atomic E-state index is 0.405. The molecule has 4 aromatic heterocycles. The number of hydrogen-bond donors (Lipinski definition) is 0. The largest absolute Gasteiger partial charge is 0.309 e. The van der Waals surface area contributed by atoms with Gasteiger partial charge in [-0.1, -0.05) is 109 Å². The van der Waals surface area contributed by atoms with Gasteiger partial charge in [-0.15, -0.1) is 0 Å². The lowest BCUT2D eigenvalue weighted by atomic mass is 10.1. The highest BCUT2D eigenvalue weighted by atomic mass is 15.2. The summed E-state index contributed by atoms with van der Waals surface area (Å²) in [4.78, 5) is 15.2. The van der Waals surface area contributed by atoms with Crippen LogP contribution in [0.1, 0.15) is 11.1 Å². The Hall–Kier alpha value is -8.85. The molecule has 0 saturated carbocycles. The molecule has 0 N–H and O–H groups in total. The zero-order valence-corrected chi connectivity index (χ0v) is 32.4. The van der Waals surface area contributed by atoms with E-state index >= 15 is 0 Å². The summed E-state index contributed by atoms with van der Waals surface area (Å²) in [5.74, 6) is 1.26. The molecule has 0 fully saturated rings. The molecule has 0 spiro atoms. The lowest BCUT2D eigenvalue weighted by Crippen LogP contribution is -2.07. The molecule has 12 rings (SSSR count). The maximum absolute atomic E-state index is 11.0. The van der Waals surface area contributed by atoms with Crippen LogP contribution in [0.5, 0.6) is 0 Å². The molecule has 61 heavy (non-hydrogen) atoms. The molecule has 4 heterocycles. The Bertz CT molecular complexity index is 3800. The van der Waals surface area contributed by atoms with Crippen molar-refractivity contribution in [3.8, 4) is 52.2 Å². The summed E-state index contributed by atoms with van der Waals surface area (Å²) in [5.41, 5.74) is 10.3. The van der Waals surface area contributed by atoms with Gasteiger partial charge in [-0.2, -0.15) is 20.5 Å². The molecule has 0 saturated heterocycles. The van der Waals surface area contributed by atoms with E-state index in [9.17, 15) is 10.5 Å². The van der Waals surface area contributed by atoms with Gasteiger partial charge >= 0.3 is 0 Å². The molecular formula is C53H30N8. The van der Waals surface area contributed by atoms with Crippen LogP contribution in [0.25, 0.3) is 106 Å². The first-order valence-electron chi connectivity index (χ1n) is 20.0. The summed E-state index contributed by atoms with van der Waals surface area (Å²) in [6.07, 6.45) is 0. The van der Waals surface area contributed by atoms with Crippen molar-refractivity contribution in [3.63, 3.8) is 0 Å². The van der Waals surface area contributed by atoms with Crippen LogP contribution in [0.4, 0.5) is 0 Å². The second-order valence-electron chi connectivity index (χ2n) is 15.1. The van der Waals surface area contributed by atoms with Crippen LogP contribution in [0.2, 0.25) is 0 Å². The zero-order chi connectivity index (χ0) is 40.6. The number of para-hydroxylation sites is 5. The summed E-state index contributed by atoms with van der Waals surface area (Å²) in [6.45, 7) is 0. The molecule has 0 atom stereocenters. The van der Waals surface area contributed by atoms with E-state index in [0.717, 1.165) is 76.8 Å². The number of aromatic nitrogens is 6. The van der Waals surface area contributed by atoms with Crippen LogP contribution in [0, 0.1) is 22.7 Å². The Morgan fingerprint density at radius 3 is 1.62 bits per heavy atom. The Labute approximate surface area is 348 Å². The van der Waals surface area contributed by atoms with Crippen molar-refractivity contribution in [2.24, 2.45) is 0 Å². The fourth-order valence-corrected chi connectivity index (χ4v) is 9.16. The summed E-state index contributed by atoms with van der Waals surface area (Å²) < 4.78 is 6.62. The molecule has 8 heteroatoms. The van der Waals surface area contributed by atoms with Crippen molar-refractivity contribution in [1.82, 2.24) is 28.7 Å². The number of benzene rings is 8. The molecule has 0 bridgehead atoms. The third-order valence-electron chi connectivity index (χ3n) is 11.8. The maximum atomic E-state index is 11.0. The van der Waals surface area contributed by atoms with Crippen LogP contribution in [-0.4, -0.2) is 28.7 Å². The summed E-state index contributed by atoms with van der Waals surface area (Å²) in [7, 11) is 0. The maximum Gasteiger partial charge on any atom is 0.238 e. The van der Waals surface area contributed by atoms with Crippen molar-refractivity contribution in [2.75, 3.05) is 0 Å². The Morgan fingerprint density at radius 1 is 0.393 bits per heavy atom. The highest BCUT2D eigenvalue weighted by Crippen LogP contribution is 2.43. The van der Waals surface area contributed by atoms with Gasteiger partial charge in [0.25, 0.3) is 0 Å². The molecule has 282 valence electrons. The van der Waals surface area contributed by atoms with Gasteiger partial charge in [0.05, 0.1) is 56.0 Å². The van der Waals surface area contributed by atoms with Gasteiger partial charge in [0.2, 0.25) is 5.95 Å². The van der Waals surface area contributed by atoms with Gasteiger partial charge in [-0.25, -0.2) is 4.98 Å². The zero-order valence-electron chi connectivity index (χ0n) is 32.4. The number of fused-ring (bicyclic) bond motifs is 10. The lowest BCUT2D eigenvalue weighted by molar-refractivity contribution is 0.953. The highest BCUT2D eigenvalue weighted by Gasteiger charge is 2.23. The van der Waals surface area contributed by atoms with Gasteiger partial charge in [-0.3, -0.25) is 4.57 Å². The number of nitrogens with zero attached hydrogens (tertiary/aromatic N) is 8. The first-order valence-corrected chi connectivity index (χ1v) is 20.0. The number of nitriles is 2.